The Kier molecular flexibility index (Phi) is 4.97. The minimum atomic E-state index is -1.97. The number of phenolic OH excluding ortho intramolecular Hbond substituents is 1. The van der Waals surface area contributed by atoms with E-state index < -0.39 is 51.1 Å². The van der Waals surface area contributed by atoms with Gasteiger partial charge in [-0.25, -0.2) is 0 Å². The molecule has 2 N–H and O–H groups in total. The predicted molar refractivity (Wildman–Crippen MR) is 120 cm³/mol. The zero-order chi connectivity index (χ0) is 24.7. The Bertz CT molecular complexity index is 1170. The highest BCUT2D eigenvalue weighted by Gasteiger charge is 2.76. The zero-order valence-electron chi connectivity index (χ0n) is 18.6. The molecule has 2 aliphatic heterocycles. The average molecular weight is 509 g/mol. The molecule has 0 aromatic heterocycles. The van der Waals surface area contributed by atoms with E-state index in [0.717, 1.165) is 4.90 Å². The van der Waals surface area contributed by atoms with E-state index in [1.807, 2.05) is 0 Å². The summed E-state index contributed by atoms with van der Waals surface area (Å²) in [7, 11) is 4.08. The Morgan fingerprint density at radius 1 is 1.03 bits per heavy atom. The van der Waals surface area contributed by atoms with Crippen molar-refractivity contribution >= 4 is 46.8 Å². The first-order valence-electron chi connectivity index (χ1n) is 10.7. The van der Waals surface area contributed by atoms with Gasteiger partial charge in [-0.2, -0.15) is 0 Å². The molecule has 0 bridgehead atoms. The van der Waals surface area contributed by atoms with Gasteiger partial charge in [0.25, 0.3) is 11.8 Å². The molecular formula is C23H22Cl2N2O7. The van der Waals surface area contributed by atoms with Crippen LogP contribution >= 0.6 is 23.2 Å². The SMILES string of the molecule is COc1cc(O)cc(OC)c1[C@H]1C2=CC[C@@H]3C(=O)NC(=O)[C@@H]3[C@@H]2C[C@@]2(Cl)C(=O)N(C)C(=O)[C@@]12Cl. The van der Waals surface area contributed by atoms with E-state index in [1.54, 1.807) is 6.08 Å². The molecule has 1 aromatic rings. The molecule has 11 heteroatoms. The minimum Gasteiger partial charge on any atom is -0.508 e. The third-order valence-electron chi connectivity index (χ3n) is 7.67. The lowest BCUT2D eigenvalue weighted by atomic mass is 9.56. The first kappa shape index (κ1) is 23.0. The Hall–Kier alpha value is -2.78. The summed E-state index contributed by atoms with van der Waals surface area (Å²) in [5.74, 6) is -5.01. The van der Waals surface area contributed by atoms with Gasteiger partial charge in [-0.3, -0.25) is 29.4 Å². The van der Waals surface area contributed by atoms with Gasteiger partial charge in [0.1, 0.15) is 17.2 Å². The molecule has 180 valence electrons. The Morgan fingerprint density at radius 2 is 1.65 bits per heavy atom. The van der Waals surface area contributed by atoms with E-state index >= 15 is 0 Å². The van der Waals surface area contributed by atoms with E-state index in [-0.39, 0.29) is 36.0 Å². The molecule has 0 radical (unpaired) electrons. The highest BCUT2D eigenvalue weighted by atomic mass is 35.5. The largest absolute Gasteiger partial charge is 0.508 e. The van der Waals surface area contributed by atoms with Crippen LogP contribution in [-0.4, -0.2) is 64.7 Å². The second kappa shape index (κ2) is 7.36. The molecule has 1 saturated carbocycles. The number of hydrogen-bond donors (Lipinski definition) is 2. The fraction of sp³-hybridized carbons (Fsp3) is 0.478. The first-order chi connectivity index (χ1) is 16.0. The third-order valence-corrected chi connectivity index (χ3v) is 9.09. The fourth-order valence-electron chi connectivity index (χ4n) is 6.18. The molecule has 2 saturated heterocycles. The molecule has 6 atom stereocenters. The molecule has 2 aliphatic carbocycles. The Labute approximate surface area is 205 Å². The number of phenols is 1. The van der Waals surface area contributed by atoms with Crippen LogP contribution in [0.1, 0.15) is 24.3 Å². The molecule has 3 fully saturated rings. The van der Waals surface area contributed by atoms with E-state index in [1.165, 1.54) is 33.4 Å². The molecule has 4 aliphatic rings. The molecule has 34 heavy (non-hydrogen) atoms. The molecule has 9 nitrogen and oxygen atoms in total. The van der Waals surface area contributed by atoms with Crippen molar-refractivity contribution in [2.45, 2.75) is 28.5 Å². The maximum Gasteiger partial charge on any atom is 0.253 e. The molecule has 1 aromatic carbocycles. The van der Waals surface area contributed by atoms with Crippen molar-refractivity contribution < 1.29 is 33.8 Å². The lowest BCUT2D eigenvalue weighted by Gasteiger charge is -2.51. The van der Waals surface area contributed by atoms with Crippen molar-refractivity contribution in [3.05, 3.63) is 29.3 Å². The van der Waals surface area contributed by atoms with Crippen LogP contribution < -0.4 is 14.8 Å². The minimum absolute atomic E-state index is 0.0973. The van der Waals surface area contributed by atoms with Crippen LogP contribution in [0.3, 0.4) is 0 Å². The summed E-state index contributed by atoms with van der Waals surface area (Å²) in [5.41, 5.74) is 0.925. The zero-order valence-corrected chi connectivity index (χ0v) is 20.1. The number of nitrogens with one attached hydrogen (secondary N) is 1. The number of allylic oxidation sites excluding steroid dienone is 2. The third kappa shape index (κ3) is 2.62. The number of amides is 4. The summed E-state index contributed by atoms with van der Waals surface area (Å²) in [6.45, 7) is 0. The summed E-state index contributed by atoms with van der Waals surface area (Å²) < 4.78 is 11.1. The topological polar surface area (TPSA) is 122 Å². The van der Waals surface area contributed by atoms with Gasteiger partial charge in [-0.1, -0.05) is 11.6 Å². The Morgan fingerprint density at radius 3 is 2.24 bits per heavy atom. The Balaban J connectivity index is 1.83. The van der Waals surface area contributed by atoms with E-state index in [4.69, 9.17) is 32.7 Å². The number of hydrogen-bond acceptors (Lipinski definition) is 7. The number of halogens is 2. The second-order valence-electron chi connectivity index (χ2n) is 9.12. The molecule has 5 rings (SSSR count). The normalized spacial score (nSPS) is 36.5. The standard InChI is InChI=1S/C23H22Cl2N2O7/c1-27-20(31)22(24)8-12-10(4-5-11-15(12)19(30)26-18(11)29)17(23(22,25)21(27)32)16-13(33-2)6-9(28)7-14(16)34-3/h4,6-7,11-12,15,17,28H,5,8H2,1-3H3,(H,26,29,30)/t11-,12+,15-,17+,22+,23-/m0/s1. The van der Waals surface area contributed by atoms with E-state index in [0.29, 0.717) is 11.1 Å². The monoisotopic (exact) mass is 508 g/mol. The van der Waals surface area contributed by atoms with Gasteiger partial charge in [0.05, 0.1) is 26.1 Å². The first-order valence-corrected chi connectivity index (χ1v) is 11.5. The van der Waals surface area contributed by atoms with Crippen molar-refractivity contribution in [1.29, 1.82) is 0 Å². The number of benzene rings is 1. The number of carbonyl (C=O) groups is 4. The second-order valence-corrected chi connectivity index (χ2v) is 10.4. The summed E-state index contributed by atoms with van der Waals surface area (Å²) in [4.78, 5) is 49.1. The number of imide groups is 2. The van der Waals surface area contributed by atoms with Crippen molar-refractivity contribution in [1.82, 2.24) is 10.2 Å². The number of likely N-dealkylation sites (tertiary alicyclic amines) is 1. The van der Waals surface area contributed by atoms with E-state index in [2.05, 4.69) is 5.32 Å². The maximum absolute atomic E-state index is 13.5. The number of nitrogens with zero attached hydrogens (tertiary/aromatic N) is 1. The summed E-state index contributed by atoms with van der Waals surface area (Å²) >= 11 is 14.2. The number of alkyl halides is 2. The molecule has 4 amide bonds. The number of carbonyl (C=O) groups excluding carboxylic acids is 4. The van der Waals surface area contributed by atoms with Gasteiger partial charge < -0.3 is 14.6 Å². The van der Waals surface area contributed by atoms with Crippen LogP contribution in [0.5, 0.6) is 17.2 Å². The van der Waals surface area contributed by atoms with Crippen LogP contribution in [-0.2, 0) is 19.2 Å². The molecule has 2 heterocycles. The van der Waals surface area contributed by atoms with Crippen molar-refractivity contribution in [3.63, 3.8) is 0 Å². The van der Waals surface area contributed by atoms with Crippen LogP contribution in [0.25, 0.3) is 0 Å². The van der Waals surface area contributed by atoms with Gasteiger partial charge in [-0.05, 0) is 18.8 Å². The van der Waals surface area contributed by atoms with Crippen LogP contribution in [0, 0.1) is 17.8 Å². The van der Waals surface area contributed by atoms with Gasteiger partial charge in [0.2, 0.25) is 11.8 Å². The van der Waals surface area contributed by atoms with Crippen LogP contribution in [0.15, 0.2) is 23.8 Å². The average Bonchev–Trinajstić information content (AvgIpc) is 3.17. The molecule has 0 spiro atoms. The fourth-order valence-corrected chi connectivity index (χ4v) is 7.18. The summed E-state index contributed by atoms with van der Waals surface area (Å²) in [6.07, 6.45) is 1.96. The van der Waals surface area contributed by atoms with Crippen LogP contribution in [0.4, 0.5) is 0 Å². The van der Waals surface area contributed by atoms with Crippen molar-refractivity contribution in [2.24, 2.45) is 17.8 Å². The summed E-state index contributed by atoms with van der Waals surface area (Å²) in [6, 6.07) is 2.70. The number of aromatic hydroxyl groups is 1. The number of methoxy groups -OCH3 is 2. The smallest absolute Gasteiger partial charge is 0.253 e. The van der Waals surface area contributed by atoms with Crippen molar-refractivity contribution in [2.75, 3.05) is 21.3 Å². The number of rotatable bonds is 3. The highest BCUT2D eigenvalue weighted by molar-refractivity contribution is 6.53. The highest BCUT2D eigenvalue weighted by Crippen LogP contribution is 2.66. The number of fused-ring (bicyclic) bond motifs is 4. The van der Waals surface area contributed by atoms with Gasteiger partial charge in [0.15, 0.2) is 9.75 Å². The summed E-state index contributed by atoms with van der Waals surface area (Å²) in [5, 5.41) is 12.6. The van der Waals surface area contributed by atoms with E-state index in [9.17, 15) is 24.3 Å². The maximum atomic E-state index is 13.5. The lowest BCUT2D eigenvalue weighted by Crippen LogP contribution is -2.60. The van der Waals surface area contributed by atoms with Crippen LogP contribution in [0.2, 0.25) is 0 Å². The molecular weight excluding hydrogens is 487 g/mol. The van der Waals surface area contributed by atoms with Gasteiger partial charge in [0, 0.05) is 30.7 Å². The lowest BCUT2D eigenvalue weighted by molar-refractivity contribution is -0.138. The quantitative estimate of drug-likeness (QED) is 0.361. The predicted octanol–water partition coefficient (Wildman–Crippen LogP) is 1.69. The van der Waals surface area contributed by atoms with Gasteiger partial charge in [-0.15, -0.1) is 23.2 Å². The number of ether oxygens (including phenoxy) is 2. The van der Waals surface area contributed by atoms with Crippen molar-refractivity contribution in [3.8, 4) is 17.2 Å². The molecule has 0 unspecified atom stereocenters. The van der Waals surface area contributed by atoms with Gasteiger partial charge >= 0.3 is 0 Å².